The van der Waals surface area contributed by atoms with E-state index in [0.29, 0.717) is 0 Å². The van der Waals surface area contributed by atoms with E-state index in [1.54, 1.807) is 0 Å². The van der Waals surface area contributed by atoms with Gasteiger partial charge in [0.2, 0.25) is 0 Å². The minimum Gasteiger partial charge on any atom is -1.00 e. The molecule has 0 atom stereocenters. The summed E-state index contributed by atoms with van der Waals surface area (Å²) in [6.07, 6.45) is 12.6. The molecule has 100 valence electrons. The summed E-state index contributed by atoms with van der Waals surface area (Å²) >= 11 is 1.30. The number of allylic oxidation sites excluding steroid dienone is 8. The number of halogens is 2. The van der Waals surface area contributed by atoms with Crippen LogP contribution in [0.25, 0.3) is 0 Å². The Morgan fingerprint density at radius 3 is 1.78 bits per heavy atom. The van der Waals surface area contributed by atoms with Gasteiger partial charge in [0.1, 0.15) is 0 Å². The van der Waals surface area contributed by atoms with Gasteiger partial charge in [-0.05, 0) is 0 Å². The summed E-state index contributed by atoms with van der Waals surface area (Å²) in [5.74, 6) is 0. The van der Waals surface area contributed by atoms with E-state index >= 15 is 0 Å². The Morgan fingerprint density at radius 1 is 1.11 bits per heavy atom. The smallest absolute Gasteiger partial charge is 1.00 e. The van der Waals surface area contributed by atoms with Crippen molar-refractivity contribution in [3.63, 3.8) is 0 Å². The van der Waals surface area contributed by atoms with Gasteiger partial charge in [-0.1, -0.05) is 13.8 Å². The second kappa shape index (κ2) is 13.7. The van der Waals surface area contributed by atoms with E-state index in [4.69, 9.17) is 0 Å². The van der Waals surface area contributed by atoms with Crippen molar-refractivity contribution in [3.8, 4) is 0 Å². The van der Waals surface area contributed by atoms with Gasteiger partial charge in [-0.15, -0.1) is 26.7 Å². The zero-order valence-electron chi connectivity index (χ0n) is 11.5. The molecule has 0 unspecified atom stereocenters. The minimum atomic E-state index is 0. The van der Waals surface area contributed by atoms with Crippen LogP contribution in [0.15, 0.2) is 34.4 Å². The number of rotatable bonds is 0. The van der Waals surface area contributed by atoms with Crippen molar-refractivity contribution >= 4 is 4.21 Å². The molecule has 0 aromatic carbocycles. The molecule has 0 aromatic rings. The Labute approximate surface area is 139 Å². The third-order valence-corrected chi connectivity index (χ3v) is 2.73. The first-order chi connectivity index (χ1) is 7.61. The van der Waals surface area contributed by atoms with Crippen LogP contribution < -0.4 is 24.8 Å². The Bertz CT molecular complexity index is 334. The summed E-state index contributed by atoms with van der Waals surface area (Å²) in [6, 6.07) is 0. The third-order valence-electron chi connectivity index (χ3n) is 2.73. The fourth-order valence-electron chi connectivity index (χ4n) is 1.27. The Hall–Kier alpha value is 0.293. The van der Waals surface area contributed by atoms with Crippen molar-refractivity contribution in [2.45, 2.75) is 40.5 Å². The van der Waals surface area contributed by atoms with Crippen LogP contribution in [0.3, 0.4) is 0 Å². The summed E-state index contributed by atoms with van der Waals surface area (Å²) in [5, 5.41) is 0. The summed E-state index contributed by atoms with van der Waals surface area (Å²) in [5.41, 5.74) is 5.56. The molecule has 2 aliphatic carbocycles. The van der Waals surface area contributed by atoms with Crippen LogP contribution in [0.4, 0.5) is 0 Å². The van der Waals surface area contributed by atoms with Gasteiger partial charge in [-0.25, -0.2) is 22.8 Å². The minimum absolute atomic E-state index is 0. The van der Waals surface area contributed by atoms with Gasteiger partial charge < -0.3 is 24.8 Å². The molecule has 0 radical (unpaired) electrons. The summed E-state index contributed by atoms with van der Waals surface area (Å²) in [4.78, 5) is 0. The van der Waals surface area contributed by atoms with Crippen molar-refractivity contribution in [3.05, 3.63) is 46.6 Å². The molecule has 0 aliphatic heterocycles. The van der Waals surface area contributed by atoms with Gasteiger partial charge in [-0.2, -0.15) is 11.6 Å². The summed E-state index contributed by atoms with van der Waals surface area (Å²) < 4.78 is 3.34. The van der Waals surface area contributed by atoms with Crippen molar-refractivity contribution < 1.29 is 49.0 Å². The van der Waals surface area contributed by atoms with Gasteiger partial charge in [0, 0.05) is 0 Å². The second-order valence-corrected chi connectivity index (χ2v) is 3.88. The van der Waals surface area contributed by atoms with E-state index in [-0.39, 0.29) is 24.8 Å². The number of hydrogen-bond acceptors (Lipinski definition) is 0. The molecular weight excluding hydrogens is 342 g/mol. The first-order valence-corrected chi connectivity index (χ1v) is 7.18. The van der Waals surface area contributed by atoms with Crippen molar-refractivity contribution in [2.75, 3.05) is 0 Å². The molecule has 3 heteroatoms. The molecule has 0 bridgehead atoms. The largest absolute Gasteiger partial charge is 1.00 e. The van der Waals surface area contributed by atoms with Crippen LogP contribution >= 0.6 is 0 Å². The van der Waals surface area contributed by atoms with Gasteiger partial charge in [-0.3, -0.25) is 12.2 Å². The predicted octanol–water partition coefficient (Wildman–Crippen LogP) is -1.86. The molecule has 0 heterocycles. The zero-order valence-corrected chi connectivity index (χ0v) is 15.5. The van der Waals surface area contributed by atoms with Gasteiger partial charge >= 0.3 is 28.4 Å². The second-order valence-electron chi connectivity index (χ2n) is 3.88. The van der Waals surface area contributed by atoms with Crippen LogP contribution in [0.1, 0.15) is 40.5 Å². The van der Waals surface area contributed by atoms with Gasteiger partial charge in [0.05, 0.1) is 0 Å². The van der Waals surface area contributed by atoms with E-state index in [1.165, 1.54) is 46.5 Å². The molecule has 0 aromatic heterocycles. The van der Waals surface area contributed by atoms with Gasteiger partial charge in [0.25, 0.3) is 0 Å². The van der Waals surface area contributed by atoms with E-state index in [9.17, 15) is 0 Å². The first-order valence-electron chi connectivity index (χ1n) is 5.44. The quantitative estimate of drug-likeness (QED) is 0.444. The molecular formula is C15H20Cl2Zr-2. The maximum Gasteiger partial charge on any atom is -1.00 e. The SMILES string of the molecule is CC1=C(C)C[C-]=C1.CC1=[C-]CC=C1C.[CH2]=[Zr+2].[Cl-].[Cl-]. The first kappa shape index (κ1) is 23.4. The van der Waals surface area contributed by atoms with E-state index in [1.807, 2.05) is 0 Å². The van der Waals surface area contributed by atoms with Crippen LogP contribution in [-0.2, 0) is 24.2 Å². The summed E-state index contributed by atoms with van der Waals surface area (Å²) in [7, 11) is 0. The molecule has 0 nitrogen and oxygen atoms in total. The van der Waals surface area contributed by atoms with Crippen LogP contribution in [0.2, 0.25) is 0 Å². The number of hydrogen-bond donors (Lipinski definition) is 0. The fourth-order valence-corrected chi connectivity index (χ4v) is 1.27. The predicted molar refractivity (Wildman–Crippen MR) is 68.7 cm³/mol. The molecule has 0 saturated heterocycles. The Kier molecular flexibility index (Phi) is 17.8. The fraction of sp³-hybridized carbons (Fsp3) is 0.400. The monoisotopic (exact) mass is 360 g/mol. The Balaban J connectivity index is -0.000000200. The van der Waals surface area contributed by atoms with E-state index < -0.39 is 0 Å². The molecule has 2 aliphatic rings. The van der Waals surface area contributed by atoms with Crippen molar-refractivity contribution in [1.82, 2.24) is 0 Å². The van der Waals surface area contributed by atoms with Gasteiger partial charge in [0.15, 0.2) is 0 Å². The Morgan fingerprint density at radius 2 is 1.67 bits per heavy atom. The van der Waals surface area contributed by atoms with E-state index in [0.717, 1.165) is 12.8 Å². The standard InChI is InChI=1S/2C7H9.CH2.2ClH.Zr/c2*1-6-4-3-5-7(6)2;;;;/h4H,5H2,1-2H3;4H,3H2,1-2H3;1H2;2*1H;/q2*-1;;;;+2/p-2. The van der Waals surface area contributed by atoms with Crippen LogP contribution in [0.5, 0.6) is 0 Å². The van der Waals surface area contributed by atoms with Crippen molar-refractivity contribution in [1.29, 1.82) is 0 Å². The third kappa shape index (κ3) is 9.25. The maximum absolute atomic E-state index is 3.34. The van der Waals surface area contributed by atoms with Crippen molar-refractivity contribution in [2.24, 2.45) is 0 Å². The molecule has 18 heavy (non-hydrogen) atoms. The molecule has 0 spiro atoms. The summed E-state index contributed by atoms with van der Waals surface area (Å²) in [6.45, 7) is 8.48. The molecule has 0 saturated carbocycles. The molecule has 0 amide bonds. The zero-order chi connectivity index (χ0) is 12.6. The van der Waals surface area contributed by atoms with Crippen LogP contribution in [0, 0.1) is 12.2 Å². The topological polar surface area (TPSA) is 0 Å². The molecule has 0 N–H and O–H groups in total. The average molecular weight is 362 g/mol. The molecule has 2 rings (SSSR count). The molecule has 0 fully saturated rings. The average Bonchev–Trinajstić information content (AvgIpc) is 2.83. The normalized spacial score (nSPS) is 15.2. The van der Waals surface area contributed by atoms with Crippen LogP contribution in [-0.4, -0.2) is 4.21 Å². The maximum atomic E-state index is 3.34. The van der Waals surface area contributed by atoms with E-state index in [2.05, 4.69) is 56.2 Å².